The molecule has 0 aliphatic rings. The quantitative estimate of drug-likeness (QED) is 0.785. The molecule has 0 aliphatic heterocycles. The van der Waals surface area contributed by atoms with E-state index in [1.807, 2.05) is 0 Å². The standard InChI is InChI=1S/C14H15ClFNO3S/c1-3-17(12-6-4-11(16)5-7-12)21(18,19)14-8-13(9-15)20-10(14)2/h4-8H,3,9H2,1-2H3. The molecule has 2 aromatic rings. The first-order valence-corrected chi connectivity index (χ1v) is 8.31. The van der Waals surface area contributed by atoms with Crippen LogP contribution in [0.3, 0.4) is 0 Å². The molecule has 0 atom stereocenters. The number of alkyl halides is 1. The highest BCUT2D eigenvalue weighted by Gasteiger charge is 2.28. The Kier molecular flexibility index (Phi) is 4.58. The Morgan fingerprint density at radius 2 is 1.90 bits per heavy atom. The zero-order valence-electron chi connectivity index (χ0n) is 11.6. The number of furan rings is 1. The molecule has 0 unspecified atom stereocenters. The zero-order valence-corrected chi connectivity index (χ0v) is 13.2. The van der Waals surface area contributed by atoms with Gasteiger partial charge < -0.3 is 4.42 Å². The van der Waals surface area contributed by atoms with Crippen LogP contribution in [0.2, 0.25) is 0 Å². The molecule has 0 aliphatic carbocycles. The van der Waals surface area contributed by atoms with E-state index in [0.717, 1.165) is 0 Å². The lowest BCUT2D eigenvalue weighted by Gasteiger charge is -2.22. The third kappa shape index (κ3) is 3.06. The smallest absolute Gasteiger partial charge is 0.267 e. The summed E-state index contributed by atoms with van der Waals surface area (Å²) in [7, 11) is -3.78. The van der Waals surface area contributed by atoms with Gasteiger partial charge in [0, 0.05) is 12.6 Å². The van der Waals surface area contributed by atoms with Crippen molar-refractivity contribution in [1.29, 1.82) is 0 Å². The Labute approximate surface area is 128 Å². The lowest BCUT2D eigenvalue weighted by Crippen LogP contribution is -2.30. The summed E-state index contributed by atoms with van der Waals surface area (Å²) in [6.45, 7) is 3.50. The number of halogens is 2. The molecule has 114 valence electrons. The maximum absolute atomic E-state index is 13.0. The minimum Gasteiger partial charge on any atom is -0.464 e. The molecular formula is C14H15ClFNO3S. The number of anilines is 1. The van der Waals surface area contributed by atoms with Crippen molar-refractivity contribution in [1.82, 2.24) is 0 Å². The summed E-state index contributed by atoms with van der Waals surface area (Å²) in [5, 5.41) is 0. The van der Waals surface area contributed by atoms with E-state index in [9.17, 15) is 12.8 Å². The summed E-state index contributed by atoms with van der Waals surface area (Å²) in [6.07, 6.45) is 0. The molecule has 0 bridgehead atoms. The summed E-state index contributed by atoms with van der Waals surface area (Å²) < 4.78 is 44.9. The first kappa shape index (κ1) is 15.9. The van der Waals surface area contributed by atoms with E-state index in [1.165, 1.54) is 34.6 Å². The van der Waals surface area contributed by atoms with Gasteiger partial charge in [-0.05, 0) is 38.1 Å². The number of nitrogens with zero attached hydrogens (tertiary/aromatic N) is 1. The molecule has 2 rings (SSSR count). The van der Waals surface area contributed by atoms with E-state index in [4.69, 9.17) is 16.0 Å². The maximum atomic E-state index is 13.0. The molecule has 0 N–H and O–H groups in total. The molecular weight excluding hydrogens is 317 g/mol. The van der Waals surface area contributed by atoms with Gasteiger partial charge in [0.25, 0.3) is 10.0 Å². The molecule has 0 saturated carbocycles. The van der Waals surface area contributed by atoms with Crippen molar-refractivity contribution in [3.63, 3.8) is 0 Å². The molecule has 1 aromatic heterocycles. The van der Waals surface area contributed by atoms with Gasteiger partial charge >= 0.3 is 0 Å². The number of sulfonamides is 1. The Hall–Kier alpha value is -1.53. The van der Waals surface area contributed by atoms with Crippen molar-refractivity contribution in [2.24, 2.45) is 0 Å². The van der Waals surface area contributed by atoms with Gasteiger partial charge in [0.1, 0.15) is 22.2 Å². The highest BCUT2D eigenvalue weighted by atomic mass is 35.5. The van der Waals surface area contributed by atoms with Gasteiger partial charge in [-0.1, -0.05) is 0 Å². The van der Waals surface area contributed by atoms with Crippen molar-refractivity contribution in [3.8, 4) is 0 Å². The predicted molar refractivity (Wildman–Crippen MR) is 79.6 cm³/mol. The fourth-order valence-electron chi connectivity index (χ4n) is 2.06. The summed E-state index contributed by atoms with van der Waals surface area (Å²) >= 11 is 5.67. The molecule has 1 heterocycles. The van der Waals surface area contributed by atoms with Gasteiger partial charge in [-0.2, -0.15) is 0 Å². The minimum atomic E-state index is -3.78. The fraction of sp³-hybridized carbons (Fsp3) is 0.286. The normalized spacial score (nSPS) is 11.6. The monoisotopic (exact) mass is 331 g/mol. The predicted octanol–water partition coefficient (Wildman–Crippen LogP) is 3.68. The summed E-state index contributed by atoms with van der Waals surface area (Å²) in [6, 6.07) is 6.71. The van der Waals surface area contributed by atoms with Crippen LogP contribution in [0.5, 0.6) is 0 Å². The van der Waals surface area contributed by atoms with Crippen LogP contribution in [-0.4, -0.2) is 15.0 Å². The van der Waals surface area contributed by atoms with Crippen LogP contribution < -0.4 is 4.31 Å². The highest BCUT2D eigenvalue weighted by molar-refractivity contribution is 7.92. The largest absolute Gasteiger partial charge is 0.464 e. The number of hydrogen-bond donors (Lipinski definition) is 0. The van der Waals surface area contributed by atoms with Crippen LogP contribution in [0.25, 0.3) is 0 Å². The van der Waals surface area contributed by atoms with Crippen molar-refractivity contribution in [2.75, 3.05) is 10.8 Å². The second-order valence-corrected chi connectivity index (χ2v) is 6.51. The average molecular weight is 332 g/mol. The first-order chi connectivity index (χ1) is 9.90. The van der Waals surface area contributed by atoms with Gasteiger partial charge in [0.15, 0.2) is 0 Å². The third-order valence-electron chi connectivity index (χ3n) is 3.02. The van der Waals surface area contributed by atoms with Crippen molar-refractivity contribution in [2.45, 2.75) is 24.6 Å². The third-order valence-corrected chi connectivity index (χ3v) is 5.30. The molecule has 0 radical (unpaired) electrons. The van der Waals surface area contributed by atoms with Gasteiger partial charge in [-0.25, -0.2) is 12.8 Å². The van der Waals surface area contributed by atoms with Crippen LogP contribution in [0.15, 0.2) is 39.6 Å². The van der Waals surface area contributed by atoms with Crippen LogP contribution >= 0.6 is 11.6 Å². The van der Waals surface area contributed by atoms with Gasteiger partial charge in [0.05, 0.1) is 11.6 Å². The maximum Gasteiger partial charge on any atom is 0.267 e. The van der Waals surface area contributed by atoms with E-state index in [2.05, 4.69) is 0 Å². The van der Waals surface area contributed by atoms with E-state index in [0.29, 0.717) is 11.4 Å². The lowest BCUT2D eigenvalue weighted by atomic mass is 10.3. The second kappa shape index (κ2) is 6.07. The molecule has 0 saturated heterocycles. The molecule has 0 amide bonds. The Balaban J connectivity index is 2.49. The van der Waals surface area contributed by atoms with Crippen molar-refractivity contribution >= 4 is 27.3 Å². The topological polar surface area (TPSA) is 50.5 Å². The van der Waals surface area contributed by atoms with Crippen molar-refractivity contribution < 1.29 is 17.2 Å². The zero-order chi connectivity index (χ0) is 15.6. The average Bonchev–Trinajstić information content (AvgIpc) is 2.83. The molecule has 7 heteroatoms. The number of rotatable bonds is 5. The SMILES string of the molecule is CCN(c1ccc(F)cc1)S(=O)(=O)c1cc(CCl)oc1C. The summed E-state index contributed by atoms with van der Waals surface area (Å²) in [5.41, 5.74) is 0.395. The van der Waals surface area contributed by atoms with Gasteiger partial charge in [-0.3, -0.25) is 4.31 Å². The molecule has 4 nitrogen and oxygen atoms in total. The van der Waals surface area contributed by atoms with E-state index < -0.39 is 15.8 Å². The Morgan fingerprint density at radius 1 is 1.29 bits per heavy atom. The Bertz CT molecular complexity index is 725. The molecule has 0 spiro atoms. The highest BCUT2D eigenvalue weighted by Crippen LogP contribution is 2.28. The number of hydrogen-bond acceptors (Lipinski definition) is 3. The molecule has 21 heavy (non-hydrogen) atoms. The van der Waals surface area contributed by atoms with Crippen LogP contribution in [0.1, 0.15) is 18.4 Å². The van der Waals surface area contributed by atoms with E-state index >= 15 is 0 Å². The first-order valence-electron chi connectivity index (χ1n) is 6.33. The van der Waals surface area contributed by atoms with E-state index in [1.54, 1.807) is 13.8 Å². The number of aryl methyl sites for hydroxylation is 1. The second-order valence-electron chi connectivity index (χ2n) is 4.41. The van der Waals surface area contributed by atoms with Crippen LogP contribution in [0, 0.1) is 12.7 Å². The van der Waals surface area contributed by atoms with Gasteiger partial charge in [0.2, 0.25) is 0 Å². The summed E-state index contributed by atoms with van der Waals surface area (Å²) in [4.78, 5) is 0.0734. The minimum absolute atomic E-state index is 0.0734. The lowest BCUT2D eigenvalue weighted by molar-refractivity contribution is 0.492. The van der Waals surface area contributed by atoms with Gasteiger partial charge in [-0.15, -0.1) is 11.6 Å². The molecule has 1 aromatic carbocycles. The van der Waals surface area contributed by atoms with Crippen molar-refractivity contribution in [3.05, 3.63) is 47.7 Å². The molecule has 0 fully saturated rings. The Morgan fingerprint density at radius 3 is 2.38 bits per heavy atom. The van der Waals surface area contributed by atoms with Crippen LogP contribution in [0.4, 0.5) is 10.1 Å². The number of benzene rings is 1. The summed E-state index contributed by atoms with van der Waals surface area (Å²) in [5.74, 6) is 0.351. The van der Waals surface area contributed by atoms with Crippen LogP contribution in [-0.2, 0) is 15.9 Å². The van der Waals surface area contributed by atoms with E-state index in [-0.39, 0.29) is 23.1 Å². The fourth-order valence-corrected chi connectivity index (χ4v) is 3.86.